The van der Waals surface area contributed by atoms with E-state index in [0.717, 1.165) is 19.5 Å². The summed E-state index contributed by atoms with van der Waals surface area (Å²) in [6.07, 6.45) is 0.826. The number of nitrogens with zero attached hydrogens (tertiary/aromatic N) is 3. The van der Waals surface area contributed by atoms with Crippen LogP contribution in [-0.4, -0.2) is 44.3 Å². The first kappa shape index (κ1) is 27.9. The monoisotopic (exact) mass is 552 g/mol. The van der Waals surface area contributed by atoms with E-state index in [0.29, 0.717) is 22.6 Å². The summed E-state index contributed by atoms with van der Waals surface area (Å²) in [6, 6.07) is 25.9. The van der Waals surface area contributed by atoms with Crippen LogP contribution in [0, 0.1) is 6.92 Å². The van der Waals surface area contributed by atoms with Crippen molar-refractivity contribution in [1.29, 1.82) is 0 Å². The summed E-state index contributed by atoms with van der Waals surface area (Å²) in [5, 5.41) is 8.72. The molecular formula is C32H36N6O3. The van der Waals surface area contributed by atoms with E-state index in [4.69, 9.17) is 0 Å². The molecule has 41 heavy (non-hydrogen) atoms. The van der Waals surface area contributed by atoms with Gasteiger partial charge in [0.25, 0.3) is 11.5 Å². The van der Waals surface area contributed by atoms with Crippen LogP contribution < -0.4 is 21.5 Å². The molecule has 3 aromatic carbocycles. The average molecular weight is 553 g/mol. The zero-order valence-corrected chi connectivity index (χ0v) is 23.8. The van der Waals surface area contributed by atoms with Gasteiger partial charge in [0, 0.05) is 43.0 Å². The first-order valence-electron chi connectivity index (χ1n) is 13.7. The molecule has 1 unspecified atom stereocenters. The highest BCUT2D eigenvalue weighted by Gasteiger charge is 2.38. The Morgan fingerprint density at radius 2 is 1.61 bits per heavy atom. The lowest BCUT2D eigenvalue weighted by Gasteiger charge is -2.31. The Morgan fingerprint density at radius 3 is 2.32 bits per heavy atom. The van der Waals surface area contributed by atoms with E-state index in [-0.39, 0.29) is 28.9 Å². The number of carbonyl (C=O) groups is 2. The fraction of sp³-hybridized carbons (Fsp3) is 0.281. The molecule has 1 saturated heterocycles. The van der Waals surface area contributed by atoms with Crippen molar-refractivity contribution in [3.05, 3.63) is 112 Å². The highest BCUT2D eigenvalue weighted by Crippen LogP contribution is 2.30. The standard InChI is InChI=1S/C32H36N6O3/c1-22-28(30(40)38(36(22)4)27-16-9-6-10-17-27)35-29(39)24-14-11-15-25(18-24)33-31(41)34-26-19-32(2,3)37(21-26)20-23-12-7-5-8-13-23/h5-18,26H,19-21H2,1-4H3,(H,35,39)(H2,33,34,41). The molecule has 1 fully saturated rings. The zero-order chi connectivity index (χ0) is 29.1. The van der Waals surface area contributed by atoms with E-state index in [9.17, 15) is 14.4 Å². The summed E-state index contributed by atoms with van der Waals surface area (Å²) in [5.74, 6) is -0.436. The molecule has 2 heterocycles. The fourth-order valence-corrected chi connectivity index (χ4v) is 5.48. The molecule has 1 aliphatic heterocycles. The number of anilines is 2. The molecule has 1 atom stereocenters. The zero-order valence-electron chi connectivity index (χ0n) is 23.8. The molecule has 3 amide bonds. The van der Waals surface area contributed by atoms with Gasteiger partial charge in [-0.15, -0.1) is 0 Å². The van der Waals surface area contributed by atoms with Gasteiger partial charge in [-0.3, -0.25) is 19.2 Å². The summed E-state index contributed by atoms with van der Waals surface area (Å²) < 4.78 is 3.22. The minimum atomic E-state index is -0.436. The van der Waals surface area contributed by atoms with Crippen LogP contribution in [0.1, 0.15) is 41.9 Å². The third-order valence-corrected chi connectivity index (χ3v) is 7.77. The van der Waals surface area contributed by atoms with E-state index < -0.39 is 5.91 Å². The van der Waals surface area contributed by atoms with Crippen LogP contribution in [0.3, 0.4) is 0 Å². The van der Waals surface area contributed by atoms with Crippen LogP contribution in [0.25, 0.3) is 5.69 Å². The molecule has 4 aromatic rings. The molecule has 0 aliphatic carbocycles. The number of hydrogen-bond donors (Lipinski definition) is 3. The smallest absolute Gasteiger partial charge is 0.319 e. The van der Waals surface area contributed by atoms with Gasteiger partial charge in [0.05, 0.1) is 11.4 Å². The topological polar surface area (TPSA) is 100 Å². The normalized spacial score (nSPS) is 16.3. The van der Waals surface area contributed by atoms with Crippen LogP contribution in [0.15, 0.2) is 89.7 Å². The van der Waals surface area contributed by atoms with Gasteiger partial charge in [-0.1, -0.05) is 54.6 Å². The number of carbonyl (C=O) groups excluding carboxylic acids is 2. The lowest BCUT2D eigenvalue weighted by atomic mass is 10.00. The molecule has 1 aromatic heterocycles. The number of hydrogen-bond acceptors (Lipinski definition) is 4. The first-order valence-corrected chi connectivity index (χ1v) is 13.7. The number of amides is 3. The summed E-state index contributed by atoms with van der Waals surface area (Å²) in [4.78, 5) is 41.6. The lowest BCUT2D eigenvalue weighted by molar-refractivity contribution is 0.102. The SMILES string of the molecule is Cc1c(NC(=O)c2cccc(NC(=O)NC3CN(Cc4ccccc4)C(C)(C)C3)c2)c(=O)n(-c2ccccc2)n1C. The van der Waals surface area contributed by atoms with Crippen LogP contribution in [0.5, 0.6) is 0 Å². The molecule has 0 saturated carbocycles. The quantitative estimate of drug-likeness (QED) is 0.303. The minimum absolute atomic E-state index is 0.00645. The summed E-state index contributed by atoms with van der Waals surface area (Å²) in [7, 11) is 1.77. The molecule has 0 spiro atoms. The van der Waals surface area contributed by atoms with Crippen molar-refractivity contribution in [3.63, 3.8) is 0 Å². The van der Waals surface area contributed by atoms with E-state index in [1.807, 2.05) is 48.5 Å². The van der Waals surface area contributed by atoms with Gasteiger partial charge in [-0.25, -0.2) is 9.48 Å². The van der Waals surface area contributed by atoms with Gasteiger partial charge >= 0.3 is 6.03 Å². The fourth-order valence-electron chi connectivity index (χ4n) is 5.48. The van der Waals surface area contributed by atoms with Gasteiger partial charge < -0.3 is 16.0 Å². The van der Waals surface area contributed by atoms with Crippen LogP contribution in [-0.2, 0) is 13.6 Å². The Bertz CT molecular complexity index is 1610. The van der Waals surface area contributed by atoms with Crippen molar-refractivity contribution in [2.45, 2.75) is 45.3 Å². The Hall–Kier alpha value is -4.63. The maximum Gasteiger partial charge on any atom is 0.319 e. The highest BCUT2D eigenvalue weighted by molar-refractivity contribution is 6.05. The van der Waals surface area contributed by atoms with Crippen molar-refractivity contribution in [2.24, 2.45) is 7.05 Å². The van der Waals surface area contributed by atoms with E-state index >= 15 is 0 Å². The predicted molar refractivity (Wildman–Crippen MR) is 162 cm³/mol. The second kappa shape index (κ2) is 11.5. The van der Waals surface area contributed by atoms with Crippen molar-refractivity contribution in [3.8, 4) is 5.69 Å². The molecule has 3 N–H and O–H groups in total. The third kappa shape index (κ3) is 6.10. The van der Waals surface area contributed by atoms with E-state index in [1.54, 1.807) is 42.9 Å². The van der Waals surface area contributed by atoms with E-state index in [2.05, 4.69) is 46.8 Å². The number of benzene rings is 3. The van der Waals surface area contributed by atoms with Crippen molar-refractivity contribution in [1.82, 2.24) is 19.6 Å². The molecular weight excluding hydrogens is 516 g/mol. The number of aromatic nitrogens is 2. The van der Waals surface area contributed by atoms with Gasteiger partial charge in [-0.05, 0) is 63.1 Å². The van der Waals surface area contributed by atoms with Crippen LogP contribution in [0.2, 0.25) is 0 Å². The number of urea groups is 1. The first-order chi connectivity index (χ1) is 19.6. The maximum absolute atomic E-state index is 13.2. The summed E-state index contributed by atoms with van der Waals surface area (Å²) in [5.41, 5.74) is 3.22. The van der Waals surface area contributed by atoms with Crippen LogP contribution >= 0.6 is 0 Å². The Kier molecular flexibility index (Phi) is 7.81. The molecule has 9 heteroatoms. The summed E-state index contributed by atoms with van der Waals surface area (Å²) >= 11 is 0. The van der Waals surface area contributed by atoms with E-state index in [1.165, 1.54) is 10.2 Å². The number of rotatable bonds is 7. The maximum atomic E-state index is 13.2. The lowest BCUT2D eigenvalue weighted by Crippen LogP contribution is -2.39. The summed E-state index contributed by atoms with van der Waals surface area (Å²) in [6.45, 7) is 7.74. The Labute approximate surface area is 239 Å². The highest BCUT2D eigenvalue weighted by atomic mass is 16.2. The molecule has 0 radical (unpaired) electrons. The molecule has 1 aliphatic rings. The Morgan fingerprint density at radius 1 is 0.927 bits per heavy atom. The van der Waals surface area contributed by atoms with Crippen molar-refractivity contribution >= 4 is 23.3 Å². The van der Waals surface area contributed by atoms with Gasteiger partial charge in [0.15, 0.2) is 0 Å². The van der Waals surface area contributed by atoms with Gasteiger partial charge in [-0.2, -0.15) is 0 Å². The third-order valence-electron chi connectivity index (χ3n) is 7.77. The van der Waals surface area contributed by atoms with Crippen molar-refractivity contribution in [2.75, 3.05) is 17.2 Å². The minimum Gasteiger partial charge on any atom is -0.334 e. The molecule has 212 valence electrons. The Balaban J connectivity index is 1.23. The molecule has 9 nitrogen and oxygen atoms in total. The number of likely N-dealkylation sites (tertiary alicyclic amines) is 1. The number of nitrogens with one attached hydrogen (secondary N) is 3. The molecule has 5 rings (SSSR count). The van der Waals surface area contributed by atoms with Crippen molar-refractivity contribution < 1.29 is 9.59 Å². The van der Waals surface area contributed by atoms with Gasteiger partial charge in [0.1, 0.15) is 5.69 Å². The molecule has 0 bridgehead atoms. The second-order valence-corrected chi connectivity index (χ2v) is 11.1. The van der Waals surface area contributed by atoms with Crippen LogP contribution in [0.4, 0.5) is 16.2 Å². The predicted octanol–water partition coefficient (Wildman–Crippen LogP) is 4.91. The number of para-hydroxylation sites is 1. The largest absolute Gasteiger partial charge is 0.334 e. The second-order valence-electron chi connectivity index (χ2n) is 11.1. The van der Waals surface area contributed by atoms with Gasteiger partial charge in [0.2, 0.25) is 0 Å². The average Bonchev–Trinajstić information content (AvgIpc) is 3.34.